The van der Waals surface area contributed by atoms with Gasteiger partial charge in [0.15, 0.2) is 0 Å². The predicted octanol–water partition coefficient (Wildman–Crippen LogP) is 2.55. The van der Waals surface area contributed by atoms with Gasteiger partial charge in [0, 0.05) is 17.8 Å². The van der Waals surface area contributed by atoms with Crippen molar-refractivity contribution in [3.05, 3.63) is 21.3 Å². The minimum atomic E-state index is 0.266. The van der Waals surface area contributed by atoms with Crippen LogP contribution in [0.5, 0.6) is 0 Å². The Bertz CT molecular complexity index is 324. The molecular formula is C10H16ClN3S. The fourth-order valence-corrected chi connectivity index (χ4v) is 2.49. The van der Waals surface area contributed by atoms with Crippen LogP contribution in [0.15, 0.2) is 12.1 Å². The lowest BCUT2D eigenvalue weighted by molar-refractivity contribution is 0.327. The average Bonchev–Trinajstić information content (AvgIpc) is 2.50. The van der Waals surface area contributed by atoms with E-state index in [1.165, 1.54) is 4.88 Å². The van der Waals surface area contributed by atoms with E-state index in [0.29, 0.717) is 6.42 Å². The van der Waals surface area contributed by atoms with Crippen LogP contribution in [0, 0.1) is 5.41 Å². The number of halogens is 1. The van der Waals surface area contributed by atoms with Crippen molar-refractivity contribution in [3.8, 4) is 0 Å². The van der Waals surface area contributed by atoms with Gasteiger partial charge in [-0.2, -0.15) is 0 Å². The molecule has 0 spiro atoms. The van der Waals surface area contributed by atoms with E-state index < -0.39 is 0 Å². The van der Waals surface area contributed by atoms with Gasteiger partial charge in [-0.25, -0.2) is 0 Å². The van der Waals surface area contributed by atoms with Crippen molar-refractivity contribution >= 4 is 28.8 Å². The van der Waals surface area contributed by atoms with Gasteiger partial charge in [-0.1, -0.05) is 11.6 Å². The Labute approximate surface area is 99.3 Å². The van der Waals surface area contributed by atoms with Crippen molar-refractivity contribution < 1.29 is 0 Å². The zero-order valence-corrected chi connectivity index (χ0v) is 10.4. The smallest absolute Gasteiger partial charge is 0.0931 e. The standard InChI is InChI=1S/C10H16ClN3S/c1-14(6-2-3-10(12)13)7-8-4-5-9(11)15-8/h4-5H,2-3,6-7H2,1H3,(H3,12,13). The van der Waals surface area contributed by atoms with Crippen LogP contribution in [0.2, 0.25) is 4.34 Å². The highest BCUT2D eigenvalue weighted by Crippen LogP contribution is 2.22. The van der Waals surface area contributed by atoms with E-state index >= 15 is 0 Å². The maximum absolute atomic E-state index is 7.11. The molecule has 1 aromatic heterocycles. The summed E-state index contributed by atoms with van der Waals surface area (Å²) in [4.78, 5) is 3.48. The first kappa shape index (κ1) is 12.5. The molecule has 3 N–H and O–H groups in total. The van der Waals surface area contributed by atoms with Gasteiger partial charge in [0.05, 0.1) is 10.2 Å². The Morgan fingerprint density at radius 3 is 2.87 bits per heavy atom. The summed E-state index contributed by atoms with van der Waals surface area (Å²) in [6.07, 6.45) is 1.61. The van der Waals surface area contributed by atoms with Crippen LogP contribution in [-0.2, 0) is 6.54 Å². The molecule has 0 bridgehead atoms. The molecule has 1 aromatic rings. The molecule has 0 saturated heterocycles. The number of rotatable bonds is 6. The van der Waals surface area contributed by atoms with E-state index in [-0.39, 0.29) is 5.84 Å². The Morgan fingerprint density at radius 2 is 2.33 bits per heavy atom. The summed E-state index contributed by atoms with van der Waals surface area (Å²) >= 11 is 7.46. The summed E-state index contributed by atoms with van der Waals surface area (Å²) in [5.41, 5.74) is 5.28. The first-order chi connectivity index (χ1) is 7.08. The fourth-order valence-electron chi connectivity index (χ4n) is 1.32. The highest BCUT2D eigenvalue weighted by molar-refractivity contribution is 7.16. The van der Waals surface area contributed by atoms with Gasteiger partial charge in [0.25, 0.3) is 0 Å². The first-order valence-corrected chi connectivity index (χ1v) is 6.03. The lowest BCUT2D eigenvalue weighted by Gasteiger charge is -2.14. The lowest BCUT2D eigenvalue weighted by atomic mass is 10.3. The molecule has 3 nitrogen and oxygen atoms in total. The van der Waals surface area contributed by atoms with Crippen molar-refractivity contribution in [2.24, 2.45) is 5.73 Å². The van der Waals surface area contributed by atoms with Crippen molar-refractivity contribution in [1.82, 2.24) is 4.90 Å². The molecule has 0 aromatic carbocycles. The quantitative estimate of drug-likeness (QED) is 0.598. The molecule has 1 heterocycles. The van der Waals surface area contributed by atoms with Crippen LogP contribution in [0.4, 0.5) is 0 Å². The molecule has 15 heavy (non-hydrogen) atoms. The zero-order valence-electron chi connectivity index (χ0n) is 8.79. The summed E-state index contributed by atoms with van der Waals surface area (Å²) in [5, 5.41) is 7.11. The summed E-state index contributed by atoms with van der Waals surface area (Å²) < 4.78 is 0.835. The van der Waals surface area contributed by atoms with Crippen LogP contribution in [0.1, 0.15) is 17.7 Å². The van der Waals surface area contributed by atoms with Crippen molar-refractivity contribution in [2.75, 3.05) is 13.6 Å². The summed E-state index contributed by atoms with van der Waals surface area (Å²) in [7, 11) is 2.06. The van der Waals surface area contributed by atoms with Crippen molar-refractivity contribution in [2.45, 2.75) is 19.4 Å². The number of nitrogens with two attached hydrogens (primary N) is 1. The molecule has 0 aliphatic carbocycles. The van der Waals surface area contributed by atoms with E-state index in [2.05, 4.69) is 18.0 Å². The zero-order chi connectivity index (χ0) is 11.3. The second-order valence-corrected chi connectivity index (χ2v) is 5.37. The lowest BCUT2D eigenvalue weighted by Crippen LogP contribution is -2.20. The van der Waals surface area contributed by atoms with Gasteiger partial charge in [0.2, 0.25) is 0 Å². The maximum atomic E-state index is 7.11. The number of thiophene rings is 1. The van der Waals surface area contributed by atoms with Crippen LogP contribution in [0.25, 0.3) is 0 Å². The van der Waals surface area contributed by atoms with Crippen LogP contribution in [-0.4, -0.2) is 24.3 Å². The van der Waals surface area contributed by atoms with E-state index in [9.17, 15) is 0 Å². The van der Waals surface area contributed by atoms with Gasteiger partial charge in [-0.05, 0) is 32.1 Å². The molecule has 0 radical (unpaired) electrons. The van der Waals surface area contributed by atoms with E-state index in [1.807, 2.05) is 6.07 Å². The number of nitrogens with zero attached hydrogens (tertiary/aromatic N) is 1. The third-order valence-electron chi connectivity index (χ3n) is 2.04. The summed E-state index contributed by atoms with van der Waals surface area (Å²) in [6.45, 7) is 1.87. The molecule has 0 fully saturated rings. The van der Waals surface area contributed by atoms with E-state index in [4.69, 9.17) is 22.7 Å². The molecule has 0 aliphatic heterocycles. The highest BCUT2D eigenvalue weighted by Gasteiger charge is 2.03. The molecule has 0 unspecified atom stereocenters. The maximum Gasteiger partial charge on any atom is 0.0931 e. The second-order valence-electron chi connectivity index (χ2n) is 3.57. The minimum Gasteiger partial charge on any atom is -0.388 e. The third kappa shape index (κ3) is 5.16. The molecule has 0 aliphatic rings. The SMILES string of the molecule is CN(CCCC(=N)N)Cc1ccc(Cl)s1. The summed E-state index contributed by atoms with van der Waals surface area (Å²) in [6, 6.07) is 3.97. The van der Waals surface area contributed by atoms with E-state index in [1.54, 1.807) is 11.3 Å². The highest BCUT2D eigenvalue weighted by atomic mass is 35.5. The van der Waals surface area contributed by atoms with Gasteiger partial charge in [-0.3, -0.25) is 5.41 Å². The topological polar surface area (TPSA) is 53.1 Å². The van der Waals surface area contributed by atoms with Crippen molar-refractivity contribution in [3.63, 3.8) is 0 Å². The largest absolute Gasteiger partial charge is 0.388 e. The predicted molar refractivity (Wildman–Crippen MR) is 66.8 cm³/mol. The molecule has 1 rings (SSSR count). The average molecular weight is 246 g/mol. The molecule has 0 atom stereocenters. The number of nitrogens with one attached hydrogen (secondary N) is 1. The van der Waals surface area contributed by atoms with Crippen LogP contribution >= 0.6 is 22.9 Å². The molecular weight excluding hydrogens is 230 g/mol. The Balaban J connectivity index is 2.24. The van der Waals surface area contributed by atoms with Gasteiger partial charge in [-0.15, -0.1) is 11.3 Å². The minimum absolute atomic E-state index is 0.266. The van der Waals surface area contributed by atoms with Crippen molar-refractivity contribution in [1.29, 1.82) is 5.41 Å². The Kier molecular flexibility index (Phi) is 5.08. The van der Waals surface area contributed by atoms with Gasteiger partial charge < -0.3 is 10.6 Å². The molecule has 84 valence electrons. The molecule has 5 heteroatoms. The van der Waals surface area contributed by atoms with E-state index in [0.717, 1.165) is 23.8 Å². The monoisotopic (exact) mass is 245 g/mol. The normalized spacial score (nSPS) is 10.9. The number of amidine groups is 1. The first-order valence-electron chi connectivity index (χ1n) is 4.83. The fraction of sp³-hybridized carbons (Fsp3) is 0.500. The Hall–Kier alpha value is -0.580. The van der Waals surface area contributed by atoms with Crippen LogP contribution < -0.4 is 5.73 Å². The third-order valence-corrected chi connectivity index (χ3v) is 3.26. The second kappa shape index (κ2) is 6.10. The molecule has 0 amide bonds. The molecule has 0 saturated carbocycles. The Morgan fingerprint density at radius 1 is 1.60 bits per heavy atom. The number of hydrogen-bond donors (Lipinski definition) is 2. The van der Waals surface area contributed by atoms with Gasteiger partial charge in [0.1, 0.15) is 0 Å². The van der Waals surface area contributed by atoms with Gasteiger partial charge >= 0.3 is 0 Å². The van der Waals surface area contributed by atoms with Crippen LogP contribution in [0.3, 0.4) is 0 Å². The number of hydrogen-bond acceptors (Lipinski definition) is 3. The summed E-state index contributed by atoms with van der Waals surface area (Å²) in [5.74, 6) is 0.266.